The molecule has 18 heavy (non-hydrogen) atoms. The van der Waals surface area contributed by atoms with Gasteiger partial charge in [0, 0.05) is 5.56 Å². The number of nitrogens with one attached hydrogen (secondary N) is 1. The highest BCUT2D eigenvalue weighted by Gasteiger charge is 2.21. The molecule has 0 amide bonds. The van der Waals surface area contributed by atoms with Crippen LogP contribution >= 0.6 is 11.8 Å². The van der Waals surface area contributed by atoms with Gasteiger partial charge in [0.2, 0.25) is 0 Å². The number of carbonyl (C=O) groups is 1. The van der Waals surface area contributed by atoms with Crippen molar-refractivity contribution >= 4 is 17.5 Å². The number of rotatable bonds is 6. The van der Waals surface area contributed by atoms with Crippen LogP contribution in [-0.2, 0) is 4.79 Å². The Morgan fingerprint density at radius 1 is 1.28 bits per heavy atom. The number of likely N-dealkylation sites (N-methyl/N-ethyl adjacent to an activating group) is 1. The van der Waals surface area contributed by atoms with Crippen LogP contribution in [0, 0.1) is 0 Å². The van der Waals surface area contributed by atoms with E-state index in [1.54, 1.807) is 40.0 Å². The van der Waals surface area contributed by atoms with Gasteiger partial charge in [0.25, 0.3) is 0 Å². The number of methoxy groups -OCH3 is 2. The molecule has 0 aliphatic rings. The summed E-state index contributed by atoms with van der Waals surface area (Å²) in [4.78, 5) is 12.6. The zero-order chi connectivity index (χ0) is 13.7. The first-order valence-corrected chi connectivity index (χ1v) is 6.79. The lowest BCUT2D eigenvalue weighted by molar-refractivity contribution is -0.119. The standard InChI is InChI=1S/C13H19NO3S/c1-8(15)13(14-2)9-6-11(17-4)12(18-5)7-10(9)16-3/h6-7,13-14H,1-5H3. The second-order valence-corrected chi connectivity index (χ2v) is 4.63. The number of carbonyl (C=O) groups excluding carboxylic acids is 1. The molecule has 0 spiro atoms. The minimum atomic E-state index is -0.384. The molecule has 1 rings (SSSR count). The summed E-state index contributed by atoms with van der Waals surface area (Å²) in [6, 6.07) is 3.36. The van der Waals surface area contributed by atoms with Crippen LogP contribution < -0.4 is 14.8 Å². The van der Waals surface area contributed by atoms with E-state index in [9.17, 15) is 4.79 Å². The average molecular weight is 269 g/mol. The molecule has 0 fully saturated rings. The van der Waals surface area contributed by atoms with Gasteiger partial charge in [-0.2, -0.15) is 0 Å². The molecule has 0 aromatic heterocycles. The fourth-order valence-corrected chi connectivity index (χ4v) is 2.42. The molecular weight excluding hydrogens is 250 g/mol. The van der Waals surface area contributed by atoms with E-state index in [-0.39, 0.29) is 11.8 Å². The van der Waals surface area contributed by atoms with Crippen molar-refractivity contribution in [1.29, 1.82) is 0 Å². The van der Waals surface area contributed by atoms with Crippen molar-refractivity contribution in [2.75, 3.05) is 27.5 Å². The molecule has 1 atom stereocenters. The summed E-state index contributed by atoms with van der Waals surface area (Å²) in [6.07, 6.45) is 1.97. The summed E-state index contributed by atoms with van der Waals surface area (Å²) in [7, 11) is 4.97. The summed E-state index contributed by atoms with van der Waals surface area (Å²) < 4.78 is 10.7. The second kappa shape index (κ2) is 6.66. The molecule has 0 saturated heterocycles. The lowest BCUT2D eigenvalue weighted by Crippen LogP contribution is -2.24. The fraction of sp³-hybridized carbons (Fsp3) is 0.462. The van der Waals surface area contributed by atoms with Crippen LogP contribution in [0.3, 0.4) is 0 Å². The second-order valence-electron chi connectivity index (χ2n) is 3.78. The monoisotopic (exact) mass is 269 g/mol. The van der Waals surface area contributed by atoms with Gasteiger partial charge in [0.05, 0.1) is 25.2 Å². The van der Waals surface area contributed by atoms with Crippen LogP contribution in [-0.4, -0.2) is 33.3 Å². The zero-order valence-electron chi connectivity index (χ0n) is 11.4. The number of ketones is 1. The van der Waals surface area contributed by atoms with Gasteiger partial charge in [0.15, 0.2) is 5.78 Å². The van der Waals surface area contributed by atoms with E-state index in [2.05, 4.69) is 5.32 Å². The maximum Gasteiger partial charge on any atom is 0.151 e. The highest BCUT2D eigenvalue weighted by molar-refractivity contribution is 7.98. The topological polar surface area (TPSA) is 47.6 Å². The lowest BCUT2D eigenvalue weighted by atomic mass is 10.0. The molecule has 5 heteroatoms. The van der Waals surface area contributed by atoms with Gasteiger partial charge in [-0.25, -0.2) is 0 Å². The van der Waals surface area contributed by atoms with Gasteiger partial charge < -0.3 is 14.8 Å². The van der Waals surface area contributed by atoms with Crippen LogP contribution in [0.2, 0.25) is 0 Å². The first kappa shape index (κ1) is 14.9. The third kappa shape index (κ3) is 2.97. The van der Waals surface area contributed by atoms with Gasteiger partial charge in [-0.1, -0.05) is 0 Å². The minimum absolute atomic E-state index is 0.0368. The summed E-state index contributed by atoms with van der Waals surface area (Å²) >= 11 is 1.58. The fourth-order valence-electron chi connectivity index (χ4n) is 1.86. The van der Waals surface area contributed by atoms with Crippen LogP contribution in [0.1, 0.15) is 18.5 Å². The predicted molar refractivity (Wildman–Crippen MR) is 73.8 cm³/mol. The van der Waals surface area contributed by atoms with E-state index >= 15 is 0 Å². The molecule has 0 radical (unpaired) electrons. The van der Waals surface area contributed by atoms with Gasteiger partial charge in [0.1, 0.15) is 11.5 Å². The zero-order valence-corrected chi connectivity index (χ0v) is 12.2. The molecule has 1 aromatic rings. The molecular formula is C13H19NO3S. The van der Waals surface area contributed by atoms with Crippen LogP contribution in [0.5, 0.6) is 11.5 Å². The summed E-state index contributed by atoms with van der Waals surface area (Å²) in [5, 5.41) is 2.99. The number of Topliss-reactive ketones (excluding diaryl/α,β-unsaturated/α-hetero) is 1. The highest BCUT2D eigenvalue weighted by atomic mass is 32.2. The van der Waals surface area contributed by atoms with Crippen molar-refractivity contribution in [3.05, 3.63) is 17.7 Å². The lowest BCUT2D eigenvalue weighted by Gasteiger charge is -2.19. The quantitative estimate of drug-likeness (QED) is 0.803. The Morgan fingerprint density at radius 3 is 2.28 bits per heavy atom. The van der Waals surface area contributed by atoms with E-state index in [0.717, 1.165) is 16.2 Å². The molecule has 0 bridgehead atoms. The van der Waals surface area contributed by atoms with Crippen molar-refractivity contribution in [1.82, 2.24) is 5.32 Å². The average Bonchev–Trinajstić information content (AvgIpc) is 2.38. The smallest absolute Gasteiger partial charge is 0.151 e. The Kier molecular flexibility index (Phi) is 5.50. The van der Waals surface area contributed by atoms with Crippen LogP contribution in [0.25, 0.3) is 0 Å². The Bertz CT molecular complexity index is 434. The predicted octanol–water partition coefficient (Wildman–Crippen LogP) is 2.28. The highest BCUT2D eigenvalue weighted by Crippen LogP contribution is 2.37. The molecule has 1 unspecified atom stereocenters. The Labute approximate surface area is 112 Å². The van der Waals surface area contributed by atoms with Gasteiger partial charge in [-0.05, 0) is 32.4 Å². The van der Waals surface area contributed by atoms with E-state index in [0.29, 0.717) is 5.75 Å². The summed E-state index contributed by atoms with van der Waals surface area (Å²) in [6.45, 7) is 1.55. The SMILES string of the molecule is CNC(C(C)=O)c1cc(OC)c(SC)cc1OC. The van der Waals surface area contributed by atoms with Crippen molar-refractivity contribution in [3.8, 4) is 11.5 Å². The van der Waals surface area contributed by atoms with Crippen molar-refractivity contribution in [2.24, 2.45) is 0 Å². The van der Waals surface area contributed by atoms with Gasteiger partial charge in [-0.3, -0.25) is 4.79 Å². The third-order valence-electron chi connectivity index (χ3n) is 2.74. The van der Waals surface area contributed by atoms with Crippen molar-refractivity contribution in [2.45, 2.75) is 17.9 Å². The van der Waals surface area contributed by atoms with Gasteiger partial charge >= 0.3 is 0 Å². The largest absolute Gasteiger partial charge is 0.496 e. The molecule has 100 valence electrons. The Hall–Kier alpha value is -1.20. The molecule has 4 nitrogen and oxygen atoms in total. The van der Waals surface area contributed by atoms with E-state index in [4.69, 9.17) is 9.47 Å². The molecule has 1 N–H and O–H groups in total. The number of benzene rings is 1. The molecule has 0 aliphatic carbocycles. The van der Waals surface area contributed by atoms with Crippen molar-refractivity contribution < 1.29 is 14.3 Å². The van der Waals surface area contributed by atoms with E-state index in [1.807, 2.05) is 18.4 Å². The number of hydrogen-bond acceptors (Lipinski definition) is 5. The first-order chi connectivity index (χ1) is 8.58. The van der Waals surface area contributed by atoms with Crippen LogP contribution in [0.15, 0.2) is 17.0 Å². The summed E-state index contributed by atoms with van der Waals surface area (Å²) in [5.74, 6) is 1.48. The number of ether oxygens (including phenoxy) is 2. The molecule has 0 aliphatic heterocycles. The Morgan fingerprint density at radius 2 is 1.89 bits per heavy atom. The maximum absolute atomic E-state index is 11.6. The number of hydrogen-bond donors (Lipinski definition) is 1. The third-order valence-corrected chi connectivity index (χ3v) is 3.50. The van der Waals surface area contributed by atoms with Gasteiger partial charge in [-0.15, -0.1) is 11.8 Å². The number of thioether (sulfide) groups is 1. The van der Waals surface area contributed by atoms with E-state index in [1.165, 1.54) is 0 Å². The van der Waals surface area contributed by atoms with Crippen LogP contribution in [0.4, 0.5) is 0 Å². The molecule has 0 saturated carbocycles. The Balaban J connectivity index is 3.36. The summed E-state index contributed by atoms with van der Waals surface area (Å²) in [5.41, 5.74) is 0.794. The maximum atomic E-state index is 11.6. The first-order valence-electron chi connectivity index (χ1n) is 5.56. The van der Waals surface area contributed by atoms with Crippen molar-refractivity contribution in [3.63, 3.8) is 0 Å². The minimum Gasteiger partial charge on any atom is -0.496 e. The molecule has 0 heterocycles. The normalized spacial score (nSPS) is 12.1. The van der Waals surface area contributed by atoms with E-state index < -0.39 is 0 Å². The molecule has 1 aromatic carbocycles.